The molecule has 2 heterocycles. The van der Waals surface area contributed by atoms with Gasteiger partial charge in [-0.25, -0.2) is 0 Å². The van der Waals surface area contributed by atoms with Crippen molar-refractivity contribution in [3.8, 4) is 0 Å². The summed E-state index contributed by atoms with van der Waals surface area (Å²) in [5.74, 6) is 0.194. The Morgan fingerprint density at radius 2 is 1.71 bits per heavy atom. The standard InChI is InChI=1S/C18H16N2O/c21-17-11-19-10-16-18(17)14-8-4-5-9-15(14)20(16)12-13-6-2-1-3-7-13/h1-9,19H,10-12H2. The smallest absolute Gasteiger partial charge is 0.179 e. The van der Waals surface area contributed by atoms with Crippen LogP contribution in [0.25, 0.3) is 10.9 Å². The highest BCUT2D eigenvalue weighted by atomic mass is 16.1. The number of para-hydroxylation sites is 1. The zero-order chi connectivity index (χ0) is 14.2. The van der Waals surface area contributed by atoms with Gasteiger partial charge in [0.1, 0.15) is 0 Å². The molecule has 0 amide bonds. The molecule has 1 aromatic heterocycles. The molecule has 0 spiro atoms. The molecule has 0 radical (unpaired) electrons. The maximum Gasteiger partial charge on any atom is 0.179 e. The molecule has 0 saturated carbocycles. The molecule has 1 aliphatic rings. The van der Waals surface area contributed by atoms with Crippen molar-refractivity contribution in [2.45, 2.75) is 13.1 Å². The Balaban J connectivity index is 1.94. The molecule has 2 aromatic carbocycles. The van der Waals surface area contributed by atoms with Crippen molar-refractivity contribution in [2.75, 3.05) is 6.54 Å². The van der Waals surface area contributed by atoms with E-state index in [1.165, 1.54) is 5.56 Å². The summed E-state index contributed by atoms with van der Waals surface area (Å²) in [5.41, 5.74) is 4.40. The van der Waals surface area contributed by atoms with Gasteiger partial charge in [-0.3, -0.25) is 4.79 Å². The summed E-state index contributed by atoms with van der Waals surface area (Å²) < 4.78 is 2.27. The summed E-state index contributed by atoms with van der Waals surface area (Å²) >= 11 is 0. The van der Waals surface area contributed by atoms with Crippen LogP contribution in [0.1, 0.15) is 21.6 Å². The van der Waals surface area contributed by atoms with E-state index in [0.29, 0.717) is 6.54 Å². The molecule has 3 nitrogen and oxygen atoms in total. The topological polar surface area (TPSA) is 34.0 Å². The van der Waals surface area contributed by atoms with Crippen LogP contribution in [0.5, 0.6) is 0 Å². The second-order valence-corrected chi connectivity index (χ2v) is 5.44. The number of nitrogens with zero attached hydrogens (tertiary/aromatic N) is 1. The number of benzene rings is 2. The molecule has 1 aliphatic heterocycles. The van der Waals surface area contributed by atoms with E-state index in [9.17, 15) is 4.79 Å². The van der Waals surface area contributed by atoms with Gasteiger partial charge >= 0.3 is 0 Å². The Labute approximate surface area is 123 Å². The molecule has 0 unspecified atom stereocenters. The normalized spacial score (nSPS) is 14.4. The molecule has 0 aliphatic carbocycles. The number of hydrogen-bond donors (Lipinski definition) is 1. The fourth-order valence-electron chi connectivity index (χ4n) is 3.18. The van der Waals surface area contributed by atoms with Crippen molar-refractivity contribution in [3.05, 3.63) is 71.4 Å². The summed E-state index contributed by atoms with van der Waals surface area (Å²) in [6.45, 7) is 1.99. The van der Waals surface area contributed by atoms with Crippen molar-refractivity contribution in [1.29, 1.82) is 0 Å². The van der Waals surface area contributed by atoms with Crippen LogP contribution in [0.3, 0.4) is 0 Å². The number of Topliss-reactive ketones (excluding diaryl/α,β-unsaturated/α-hetero) is 1. The molecule has 3 aromatic rings. The minimum Gasteiger partial charge on any atom is -0.338 e. The Kier molecular flexibility index (Phi) is 2.86. The van der Waals surface area contributed by atoms with Crippen molar-refractivity contribution in [2.24, 2.45) is 0 Å². The highest BCUT2D eigenvalue weighted by Crippen LogP contribution is 2.29. The average Bonchev–Trinajstić information content (AvgIpc) is 2.84. The summed E-state index contributed by atoms with van der Waals surface area (Å²) in [7, 11) is 0. The molecule has 21 heavy (non-hydrogen) atoms. The molecule has 4 rings (SSSR count). The Morgan fingerprint density at radius 3 is 2.57 bits per heavy atom. The second-order valence-electron chi connectivity index (χ2n) is 5.44. The first-order valence-corrected chi connectivity index (χ1v) is 7.22. The van der Waals surface area contributed by atoms with E-state index < -0.39 is 0 Å². The number of carbonyl (C=O) groups is 1. The lowest BCUT2D eigenvalue weighted by molar-refractivity contribution is 0.0983. The Bertz CT molecular complexity index is 818. The van der Waals surface area contributed by atoms with Crippen molar-refractivity contribution >= 4 is 16.7 Å². The predicted octanol–water partition coefficient (Wildman–Crippen LogP) is 2.98. The molecule has 104 valence electrons. The molecule has 0 saturated heterocycles. The predicted molar refractivity (Wildman–Crippen MR) is 83.5 cm³/mol. The monoisotopic (exact) mass is 276 g/mol. The van der Waals surface area contributed by atoms with Gasteiger partial charge in [0, 0.05) is 35.2 Å². The van der Waals surface area contributed by atoms with Crippen molar-refractivity contribution in [3.63, 3.8) is 0 Å². The van der Waals surface area contributed by atoms with Crippen LogP contribution in [-0.2, 0) is 13.1 Å². The minimum atomic E-state index is 0.194. The first-order chi connectivity index (χ1) is 10.3. The fourth-order valence-corrected chi connectivity index (χ4v) is 3.18. The van der Waals surface area contributed by atoms with Gasteiger partial charge in [0.25, 0.3) is 0 Å². The van der Waals surface area contributed by atoms with Crippen LogP contribution in [-0.4, -0.2) is 16.9 Å². The molecular weight excluding hydrogens is 260 g/mol. The van der Waals surface area contributed by atoms with Gasteiger partial charge < -0.3 is 9.88 Å². The summed E-state index contributed by atoms with van der Waals surface area (Å²) in [4.78, 5) is 12.3. The number of ketones is 1. The average molecular weight is 276 g/mol. The van der Waals surface area contributed by atoms with Gasteiger partial charge in [0.2, 0.25) is 0 Å². The van der Waals surface area contributed by atoms with E-state index in [-0.39, 0.29) is 5.78 Å². The van der Waals surface area contributed by atoms with E-state index in [0.717, 1.165) is 35.2 Å². The lowest BCUT2D eigenvalue weighted by Gasteiger charge is -2.16. The lowest BCUT2D eigenvalue weighted by Crippen LogP contribution is -2.30. The maximum absolute atomic E-state index is 12.3. The quantitative estimate of drug-likeness (QED) is 0.780. The van der Waals surface area contributed by atoms with Gasteiger partial charge in [0.15, 0.2) is 5.78 Å². The van der Waals surface area contributed by atoms with E-state index in [2.05, 4.69) is 46.3 Å². The number of nitrogens with one attached hydrogen (secondary N) is 1. The molecule has 0 atom stereocenters. The second kappa shape index (κ2) is 4.86. The molecule has 3 heteroatoms. The summed E-state index contributed by atoms with van der Waals surface area (Å²) in [6, 6.07) is 18.6. The number of aromatic nitrogens is 1. The van der Waals surface area contributed by atoms with Crippen LogP contribution in [0, 0.1) is 0 Å². The third kappa shape index (κ3) is 1.98. The molecule has 1 N–H and O–H groups in total. The van der Waals surface area contributed by atoms with Crippen molar-refractivity contribution in [1.82, 2.24) is 9.88 Å². The minimum absolute atomic E-state index is 0.194. The third-order valence-electron chi connectivity index (χ3n) is 4.12. The van der Waals surface area contributed by atoms with Gasteiger partial charge in [0.05, 0.1) is 6.54 Å². The number of carbonyl (C=O) groups excluding carboxylic acids is 1. The van der Waals surface area contributed by atoms with Crippen LogP contribution in [0.2, 0.25) is 0 Å². The van der Waals surface area contributed by atoms with Crippen LogP contribution in [0.4, 0.5) is 0 Å². The Morgan fingerprint density at radius 1 is 0.952 bits per heavy atom. The third-order valence-corrected chi connectivity index (χ3v) is 4.12. The molecule has 0 fully saturated rings. The number of fused-ring (bicyclic) bond motifs is 3. The van der Waals surface area contributed by atoms with Gasteiger partial charge in [-0.05, 0) is 11.6 Å². The number of rotatable bonds is 2. The zero-order valence-electron chi connectivity index (χ0n) is 11.7. The fraction of sp³-hybridized carbons (Fsp3) is 0.167. The van der Waals surface area contributed by atoms with Gasteiger partial charge in [-0.1, -0.05) is 48.5 Å². The summed E-state index contributed by atoms with van der Waals surface area (Å²) in [5, 5.41) is 4.29. The maximum atomic E-state index is 12.3. The van der Waals surface area contributed by atoms with Gasteiger partial charge in [-0.2, -0.15) is 0 Å². The molecular formula is C18H16N2O. The van der Waals surface area contributed by atoms with Gasteiger partial charge in [-0.15, -0.1) is 0 Å². The first kappa shape index (κ1) is 12.4. The highest BCUT2D eigenvalue weighted by Gasteiger charge is 2.25. The van der Waals surface area contributed by atoms with E-state index >= 15 is 0 Å². The SMILES string of the molecule is O=C1CNCc2c1c1ccccc1n2Cc1ccccc1. The number of hydrogen-bond acceptors (Lipinski definition) is 2. The zero-order valence-corrected chi connectivity index (χ0v) is 11.7. The van der Waals surface area contributed by atoms with E-state index in [1.807, 2.05) is 18.2 Å². The van der Waals surface area contributed by atoms with Crippen LogP contribution in [0.15, 0.2) is 54.6 Å². The van der Waals surface area contributed by atoms with Crippen LogP contribution < -0.4 is 5.32 Å². The molecule has 0 bridgehead atoms. The van der Waals surface area contributed by atoms with E-state index in [4.69, 9.17) is 0 Å². The summed E-state index contributed by atoms with van der Waals surface area (Å²) in [6.07, 6.45) is 0. The van der Waals surface area contributed by atoms with Crippen molar-refractivity contribution < 1.29 is 4.79 Å². The highest BCUT2D eigenvalue weighted by molar-refractivity contribution is 6.11. The van der Waals surface area contributed by atoms with Crippen LogP contribution >= 0.6 is 0 Å². The Hall–Kier alpha value is -2.39. The van der Waals surface area contributed by atoms with E-state index in [1.54, 1.807) is 0 Å². The lowest BCUT2D eigenvalue weighted by atomic mass is 10.0. The first-order valence-electron chi connectivity index (χ1n) is 7.22. The largest absolute Gasteiger partial charge is 0.338 e.